The van der Waals surface area contributed by atoms with E-state index in [1.165, 1.54) is 11.1 Å². The Balaban J connectivity index is 1.10. The van der Waals surface area contributed by atoms with Crippen LogP contribution in [0.15, 0.2) is 48.5 Å². The molecule has 0 saturated heterocycles. The van der Waals surface area contributed by atoms with Crippen LogP contribution in [0, 0.1) is 11.3 Å². The Labute approximate surface area is 192 Å². The number of rotatable bonds is 7. The van der Waals surface area contributed by atoms with E-state index in [-0.39, 0.29) is 36.8 Å². The molecule has 7 nitrogen and oxygen atoms in total. The summed E-state index contributed by atoms with van der Waals surface area (Å²) in [5.41, 5.74) is 4.01. The Bertz CT molecular complexity index is 1070. The summed E-state index contributed by atoms with van der Waals surface area (Å²) in [5, 5.41) is 15.0. The van der Waals surface area contributed by atoms with Crippen LogP contribution in [0.1, 0.15) is 49.7 Å². The van der Waals surface area contributed by atoms with Crippen LogP contribution in [-0.4, -0.2) is 41.8 Å². The summed E-state index contributed by atoms with van der Waals surface area (Å²) in [7, 11) is 0. The van der Waals surface area contributed by atoms with E-state index in [0.717, 1.165) is 11.1 Å². The molecule has 2 aromatic rings. The predicted molar refractivity (Wildman–Crippen MR) is 122 cm³/mol. The van der Waals surface area contributed by atoms with Crippen molar-refractivity contribution in [3.05, 3.63) is 59.7 Å². The Morgan fingerprint density at radius 2 is 1.70 bits per heavy atom. The zero-order chi connectivity index (χ0) is 23.2. The summed E-state index contributed by atoms with van der Waals surface area (Å²) < 4.78 is 5.54. The van der Waals surface area contributed by atoms with Crippen molar-refractivity contribution >= 4 is 18.0 Å². The molecule has 3 aliphatic carbocycles. The largest absolute Gasteiger partial charge is 0.481 e. The van der Waals surface area contributed by atoms with Crippen LogP contribution in [0.2, 0.25) is 0 Å². The first kappa shape index (κ1) is 21.5. The van der Waals surface area contributed by atoms with Crippen molar-refractivity contribution in [1.29, 1.82) is 0 Å². The van der Waals surface area contributed by atoms with Crippen molar-refractivity contribution in [3.8, 4) is 11.1 Å². The quantitative estimate of drug-likeness (QED) is 0.599. The van der Waals surface area contributed by atoms with Crippen LogP contribution in [0.25, 0.3) is 11.1 Å². The van der Waals surface area contributed by atoms with Gasteiger partial charge in [0, 0.05) is 24.4 Å². The maximum atomic E-state index is 12.4. The minimum Gasteiger partial charge on any atom is -0.481 e. The number of nitrogens with one attached hydrogen (secondary N) is 2. The molecule has 0 heterocycles. The average Bonchev–Trinajstić information content (AvgIpc) is 3.21. The third kappa shape index (κ3) is 3.96. The molecule has 33 heavy (non-hydrogen) atoms. The predicted octanol–water partition coefficient (Wildman–Crippen LogP) is 3.67. The Morgan fingerprint density at radius 1 is 1.06 bits per heavy atom. The molecule has 0 unspecified atom stereocenters. The zero-order valence-corrected chi connectivity index (χ0v) is 18.5. The second-order valence-corrected chi connectivity index (χ2v) is 9.64. The van der Waals surface area contributed by atoms with Crippen LogP contribution in [0.4, 0.5) is 4.79 Å². The summed E-state index contributed by atoms with van der Waals surface area (Å²) in [5.74, 6) is -0.781. The Hall–Kier alpha value is -3.35. The van der Waals surface area contributed by atoms with Gasteiger partial charge in [-0.2, -0.15) is 0 Å². The van der Waals surface area contributed by atoms with Gasteiger partial charge >= 0.3 is 12.1 Å². The van der Waals surface area contributed by atoms with E-state index < -0.39 is 23.5 Å². The lowest BCUT2D eigenvalue weighted by atomic mass is 9.98. The molecule has 2 saturated carbocycles. The van der Waals surface area contributed by atoms with E-state index in [2.05, 4.69) is 34.9 Å². The van der Waals surface area contributed by atoms with Gasteiger partial charge in [-0.3, -0.25) is 9.59 Å². The Kier molecular flexibility index (Phi) is 5.35. The number of carbonyl (C=O) groups is 3. The number of aliphatic carboxylic acids is 1. The highest BCUT2D eigenvalue weighted by Crippen LogP contribution is 2.63. The molecule has 2 fully saturated rings. The lowest BCUT2D eigenvalue weighted by molar-refractivity contribution is -0.143. The van der Waals surface area contributed by atoms with Gasteiger partial charge in [0.15, 0.2) is 0 Å². The maximum Gasteiger partial charge on any atom is 0.407 e. The molecule has 0 radical (unpaired) electrons. The fourth-order valence-corrected chi connectivity index (χ4v) is 5.72. The Morgan fingerprint density at radius 3 is 2.30 bits per heavy atom. The monoisotopic (exact) mass is 448 g/mol. The van der Waals surface area contributed by atoms with Crippen molar-refractivity contribution in [2.45, 2.75) is 50.6 Å². The topological polar surface area (TPSA) is 105 Å². The van der Waals surface area contributed by atoms with Crippen LogP contribution in [0.5, 0.6) is 0 Å². The van der Waals surface area contributed by atoms with Gasteiger partial charge in [0.1, 0.15) is 6.61 Å². The first-order valence-electron chi connectivity index (χ1n) is 11.5. The van der Waals surface area contributed by atoms with Crippen LogP contribution < -0.4 is 10.6 Å². The molecule has 3 N–H and O–H groups in total. The van der Waals surface area contributed by atoms with Crippen LogP contribution in [-0.2, 0) is 14.3 Å². The van der Waals surface area contributed by atoms with E-state index in [1.54, 1.807) is 6.92 Å². The lowest BCUT2D eigenvalue weighted by Crippen LogP contribution is -2.41. The number of benzene rings is 2. The van der Waals surface area contributed by atoms with E-state index in [0.29, 0.717) is 19.3 Å². The van der Waals surface area contributed by atoms with Crippen molar-refractivity contribution in [2.75, 3.05) is 6.61 Å². The van der Waals surface area contributed by atoms with E-state index in [9.17, 15) is 19.5 Å². The van der Waals surface area contributed by atoms with Crippen molar-refractivity contribution < 1.29 is 24.2 Å². The molecular weight excluding hydrogens is 420 g/mol. The number of fused-ring (bicyclic) bond motifs is 4. The standard InChI is InChI=1S/C26H28N2O5/c1-15(10-23(29)28-17-11-16-12-26(16,13-17)24(30)31)27-25(32)33-14-22-20-8-4-2-6-18(20)19-7-3-5-9-21(19)22/h2-9,15-17,22H,10-14H2,1H3,(H,27,32)(H,28,29)(H,30,31)/t15-,16+,17-,26-/m1/s1. The molecule has 4 atom stereocenters. The summed E-state index contributed by atoms with van der Waals surface area (Å²) in [6.45, 7) is 1.98. The van der Waals surface area contributed by atoms with Gasteiger partial charge in [0.25, 0.3) is 0 Å². The minimum atomic E-state index is -0.755. The van der Waals surface area contributed by atoms with Gasteiger partial charge in [-0.05, 0) is 54.4 Å². The molecule has 0 aromatic heterocycles. The number of hydrogen-bond donors (Lipinski definition) is 3. The molecule has 172 valence electrons. The number of carbonyl (C=O) groups excluding carboxylic acids is 2. The highest BCUT2D eigenvalue weighted by molar-refractivity contribution is 5.81. The van der Waals surface area contributed by atoms with Crippen molar-refractivity contribution in [1.82, 2.24) is 10.6 Å². The van der Waals surface area contributed by atoms with Gasteiger partial charge in [-0.1, -0.05) is 48.5 Å². The summed E-state index contributed by atoms with van der Waals surface area (Å²) in [6.07, 6.45) is 1.49. The second kappa shape index (κ2) is 8.21. The lowest BCUT2D eigenvalue weighted by Gasteiger charge is -2.19. The summed E-state index contributed by atoms with van der Waals surface area (Å²) in [4.78, 5) is 36.2. The fraction of sp³-hybridized carbons (Fsp3) is 0.423. The number of alkyl carbamates (subject to hydrolysis) is 1. The smallest absolute Gasteiger partial charge is 0.407 e. The average molecular weight is 449 g/mol. The number of hydrogen-bond acceptors (Lipinski definition) is 4. The highest BCUT2D eigenvalue weighted by atomic mass is 16.5. The molecule has 3 aliphatic rings. The van der Waals surface area contributed by atoms with Crippen molar-refractivity contribution in [3.63, 3.8) is 0 Å². The second-order valence-electron chi connectivity index (χ2n) is 9.64. The SMILES string of the molecule is C[C@H](CC(=O)N[C@@H]1C[C@H]2C[C@@]2(C(=O)O)C1)NC(=O)OCC1c2ccccc2-c2ccccc21. The first-order valence-corrected chi connectivity index (χ1v) is 11.5. The normalized spacial score (nSPS) is 25.4. The molecule has 0 bridgehead atoms. The number of ether oxygens (including phenoxy) is 1. The van der Waals surface area contributed by atoms with Gasteiger partial charge in [-0.25, -0.2) is 4.79 Å². The zero-order valence-electron chi connectivity index (χ0n) is 18.5. The molecule has 5 rings (SSSR count). The van der Waals surface area contributed by atoms with Crippen LogP contribution >= 0.6 is 0 Å². The fourth-order valence-electron chi connectivity index (χ4n) is 5.72. The van der Waals surface area contributed by atoms with Gasteiger partial charge in [-0.15, -0.1) is 0 Å². The van der Waals surface area contributed by atoms with E-state index in [4.69, 9.17) is 4.74 Å². The van der Waals surface area contributed by atoms with Crippen molar-refractivity contribution in [2.24, 2.45) is 11.3 Å². The maximum absolute atomic E-state index is 12.4. The molecule has 2 aromatic carbocycles. The number of carboxylic acid groups (broad SMARTS) is 1. The number of amides is 2. The molecule has 2 amide bonds. The van der Waals surface area contributed by atoms with Gasteiger partial charge in [0.05, 0.1) is 5.41 Å². The van der Waals surface area contributed by atoms with E-state index in [1.807, 2.05) is 24.3 Å². The van der Waals surface area contributed by atoms with E-state index >= 15 is 0 Å². The summed E-state index contributed by atoms with van der Waals surface area (Å²) >= 11 is 0. The molecular formula is C26H28N2O5. The molecule has 0 aliphatic heterocycles. The highest BCUT2D eigenvalue weighted by Gasteiger charge is 2.65. The number of carboxylic acids is 1. The molecule has 7 heteroatoms. The van der Waals surface area contributed by atoms with Crippen LogP contribution in [0.3, 0.4) is 0 Å². The van der Waals surface area contributed by atoms with Gasteiger partial charge < -0.3 is 20.5 Å². The molecule has 0 spiro atoms. The first-order chi connectivity index (χ1) is 15.9. The summed E-state index contributed by atoms with van der Waals surface area (Å²) in [6, 6.07) is 15.8. The minimum absolute atomic E-state index is 0.0166. The van der Waals surface area contributed by atoms with Gasteiger partial charge in [0.2, 0.25) is 5.91 Å². The third-order valence-corrected chi connectivity index (χ3v) is 7.40. The third-order valence-electron chi connectivity index (χ3n) is 7.40.